The molecule has 2 aromatic rings. The Hall–Kier alpha value is -3.61. The predicted molar refractivity (Wildman–Crippen MR) is 114 cm³/mol. The van der Waals surface area contributed by atoms with Crippen molar-refractivity contribution in [3.8, 4) is 5.75 Å². The van der Waals surface area contributed by atoms with Crippen molar-refractivity contribution in [1.82, 2.24) is 4.90 Å². The van der Waals surface area contributed by atoms with Gasteiger partial charge in [-0.2, -0.15) is 0 Å². The molecule has 2 N–H and O–H groups in total. The molecular weight excluding hydrogens is 398 g/mol. The second kappa shape index (κ2) is 8.26. The van der Waals surface area contributed by atoms with Crippen LogP contribution < -0.4 is 4.74 Å². The summed E-state index contributed by atoms with van der Waals surface area (Å²) in [5.74, 6) is -1.93. The van der Waals surface area contributed by atoms with Gasteiger partial charge in [-0.1, -0.05) is 45.0 Å². The normalized spacial score (nSPS) is 16.6. The van der Waals surface area contributed by atoms with E-state index in [0.29, 0.717) is 16.9 Å². The summed E-state index contributed by atoms with van der Waals surface area (Å²) in [7, 11) is 1.54. The number of benzene rings is 2. The molecule has 31 heavy (non-hydrogen) atoms. The average Bonchev–Trinajstić information content (AvgIpc) is 2.97. The van der Waals surface area contributed by atoms with Gasteiger partial charge in [-0.3, -0.25) is 9.59 Å². The SMILES string of the molecule is COc1ccc(C2C(C(=O)C(C)(C)C)=C(O)C(=O)N2Cc2ccc(C(=O)O)cc2)cc1. The average molecular weight is 423 g/mol. The lowest BCUT2D eigenvalue weighted by molar-refractivity contribution is -0.130. The van der Waals surface area contributed by atoms with E-state index in [4.69, 9.17) is 9.84 Å². The van der Waals surface area contributed by atoms with E-state index in [9.17, 15) is 19.5 Å². The molecule has 1 amide bonds. The van der Waals surface area contributed by atoms with Crippen molar-refractivity contribution in [2.75, 3.05) is 7.11 Å². The molecule has 1 unspecified atom stereocenters. The highest BCUT2D eigenvalue weighted by molar-refractivity contribution is 6.10. The monoisotopic (exact) mass is 423 g/mol. The third kappa shape index (κ3) is 4.30. The molecule has 0 bridgehead atoms. The number of rotatable bonds is 6. The number of ether oxygens (including phenoxy) is 1. The molecule has 0 radical (unpaired) electrons. The van der Waals surface area contributed by atoms with E-state index >= 15 is 0 Å². The number of hydrogen-bond acceptors (Lipinski definition) is 5. The number of aliphatic hydroxyl groups is 1. The Morgan fingerprint density at radius 3 is 2.10 bits per heavy atom. The van der Waals surface area contributed by atoms with Crippen molar-refractivity contribution in [1.29, 1.82) is 0 Å². The zero-order chi connectivity index (χ0) is 22.9. The first kappa shape index (κ1) is 22.1. The van der Waals surface area contributed by atoms with Gasteiger partial charge in [-0.25, -0.2) is 4.79 Å². The van der Waals surface area contributed by atoms with Crippen LogP contribution in [0.3, 0.4) is 0 Å². The van der Waals surface area contributed by atoms with E-state index in [2.05, 4.69) is 0 Å². The van der Waals surface area contributed by atoms with Crippen LogP contribution in [-0.2, 0) is 16.1 Å². The number of aliphatic hydroxyl groups excluding tert-OH is 1. The van der Waals surface area contributed by atoms with Crippen LogP contribution in [0.25, 0.3) is 0 Å². The second-order valence-corrected chi connectivity index (χ2v) is 8.45. The van der Waals surface area contributed by atoms with E-state index in [-0.39, 0.29) is 23.5 Å². The van der Waals surface area contributed by atoms with E-state index in [1.807, 2.05) is 0 Å². The van der Waals surface area contributed by atoms with Crippen LogP contribution in [0.2, 0.25) is 0 Å². The molecule has 1 aliphatic heterocycles. The highest BCUT2D eigenvalue weighted by atomic mass is 16.5. The minimum atomic E-state index is -1.04. The highest BCUT2D eigenvalue weighted by Gasteiger charge is 2.45. The van der Waals surface area contributed by atoms with Gasteiger partial charge in [0, 0.05) is 12.0 Å². The molecule has 0 spiro atoms. The maximum absolute atomic E-state index is 13.2. The Morgan fingerprint density at radius 2 is 1.61 bits per heavy atom. The summed E-state index contributed by atoms with van der Waals surface area (Å²) in [6.07, 6.45) is 0. The van der Waals surface area contributed by atoms with Gasteiger partial charge in [0.25, 0.3) is 5.91 Å². The Bertz CT molecular complexity index is 1040. The molecule has 0 aliphatic carbocycles. The standard InChI is InChI=1S/C24H25NO6/c1-24(2,3)21(27)18-19(15-9-11-17(31-4)12-10-15)25(22(28)20(18)26)13-14-5-7-16(8-6-14)23(29)30/h5-12,19,26H,13H2,1-4H3,(H,29,30). The molecule has 1 heterocycles. The number of ketones is 1. The number of carbonyl (C=O) groups excluding carboxylic acids is 2. The fourth-order valence-electron chi connectivity index (χ4n) is 3.53. The Balaban J connectivity index is 2.05. The maximum Gasteiger partial charge on any atom is 0.335 e. The largest absolute Gasteiger partial charge is 0.503 e. The lowest BCUT2D eigenvalue weighted by atomic mass is 9.82. The van der Waals surface area contributed by atoms with Crippen molar-refractivity contribution in [3.05, 3.63) is 76.6 Å². The number of aromatic carboxylic acids is 1. The molecule has 0 saturated carbocycles. The van der Waals surface area contributed by atoms with Crippen LogP contribution in [-0.4, -0.2) is 39.9 Å². The smallest absolute Gasteiger partial charge is 0.335 e. The van der Waals surface area contributed by atoms with E-state index in [1.54, 1.807) is 64.3 Å². The molecule has 7 heteroatoms. The number of nitrogens with zero attached hydrogens (tertiary/aromatic N) is 1. The van der Waals surface area contributed by atoms with Crippen molar-refractivity contribution >= 4 is 17.7 Å². The summed E-state index contributed by atoms with van der Waals surface area (Å²) in [5, 5.41) is 19.7. The summed E-state index contributed by atoms with van der Waals surface area (Å²) >= 11 is 0. The highest BCUT2D eigenvalue weighted by Crippen LogP contribution is 2.42. The van der Waals surface area contributed by atoms with Crippen LogP contribution in [0.5, 0.6) is 5.75 Å². The summed E-state index contributed by atoms with van der Waals surface area (Å²) in [6, 6.07) is 12.3. The first-order chi connectivity index (χ1) is 14.5. The van der Waals surface area contributed by atoms with Crippen LogP contribution in [0, 0.1) is 5.41 Å². The lowest BCUT2D eigenvalue weighted by Gasteiger charge is -2.29. The minimum Gasteiger partial charge on any atom is -0.503 e. The summed E-state index contributed by atoms with van der Waals surface area (Å²) in [4.78, 5) is 38.7. The van der Waals surface area contributed by atoms with Gasteiger partial charge in [0.1, 0.15) is 5.75 Å². The molecule has 1 aliphatic rings. The first-order valence-corrected chi connectivity index (χ1v) is 9.79. The molecule has 3 rings (SSSR count). The van der Waals surface area contributed by atoms with Crippen molar-refractivity contribution in [2.24, 2.45) is 5.41 Å². The number of Topliss-reactive ketones (excluding diaryl/α,β-unsaturated/α-hetero) is 1. The number of methoxy groups -OCH3 is 1. The fraction of sp³-hybridized carbons (Fsp3) is 0.292. The van der Waals surface area contributed by atoms with Crippen LogP contribution in [0.1, 0.15) is 48.3 Å². The minimum absolute atomic E-state index is 0.0600. The topological polar surface area (TPSA) is 104 Å². The van der Waals surface area contributed by atoms with Gasteiger partial charge in [-0.05, 0) is 35.4 Å². The van der Waals surface area contributed by atoms with Gasteiger partial charge in [0.05, 0.1) is 24.3 Å². The van der Waals surface area contributed by atoms with Crippen LogP contribution in [0.15, 0.2) is 59.9 Å². The zero-order valence-electron chi connectivity index (χ0n) is 17.9. The predicted octanol–water partition coefficient (Wildman–Crippen LogP) is 3.90. The summed E-state index contributed by atoms with van der Waals surface area (Å²) in [5.41, 5.74) is 0.729. The number of carboxylic acids is 1. The van der Waals surface area contributed by atoms with Crippen molar-refractivity contribution in [3.63, 3.8) is 0 Å². The second-order valence-electron chi connectivity index (χ2n) is 8.45. The molecule has 0 aromatic heterocycles. The molecule has 162 valence electrons. The van der Waals surface area contributed by atoms with Crippen molar-refractivity contribution < 1.29 is 29.3 Å². The third-order valence-corrected chi connectivity index (χ3v) is 5.21. The number of carbonyl (C=O) groups is 3. The lowest BCUT2D eigenvalue weighted by Crippen LogP contribution is -2.32. The quantitative estimate of drug-likeness (QED) is 0.730. The molecular formula is C24H25NO6. The maximum atomic E-state index is 13.2. The Kier molecular flexibility index (Phi) is 5.88. The Morgan fingerprint density at radius 1 is 1.03 bits per heavy atom. The van der Waals surface area contributed by atoms with Gasteiger partial charge in [0.2, 0.25) is 0 Å². The van der Waals surface area contributed by atoms with E-state index in [1.165, 1.54) is 17.0 Å². The number of carboxylic acid groups (broad SMARTS) is 1. The molecule has 0 saturated heterocycles. The van der Waals surface area contributed by atoms with Gasteiger partial charge >= 0.3 is 5.97 Å². The van der Waals surface area contributed by atoms with Crippen LogP contribution >= 0.6 is 0 Å². The van der Waals surface area contributed by atoms with Crippen LogP contribution in [0.4, 0.5) is 0 Å². The molecule has 1 atom stereocenters. The third-order valence-electron chi connectivity index (χ3n) is 5.21. The zero-order valence-corrected chi connectivity index (χ0v) is 17.9. The van der Waals surface area contributed by atoms with Gasteiger partial charge < -0.3 is 19.8 Å². The van der Waals surface area contributed by atoms with Crippen molar-refractivity contribution in [2.45, 2.75) is 33.4 Å². The Labute approximate surface area is 180 Å². The van der Waals surface area contributed by atoms with E-state index < -0.39 is 29.1 Å². The first-order valence-electron chi connectivity index (χ1n) is 9.79. The molecule has 0 fully saturated rings. The van der Waals surface area contributed by atoms with Gasteiger partial charge in [0.15, 0.2) is 11.5 Å². The summed E-state index contributed by atoms with van der Waals surface area (Å²) < 4.78 is 5.20. The number of amides is 1. The van der Waals surface area contributed by atoms with Gasteiger partial charge in [-0.15, -0.1) is 0 Å². The summed E-state index contributed by atoms with van der Waals surface area (Å²) in [6.45, 7) is 5.30. The molecule has 2 aromatic carbocycles. The molecule has 7 nitrogen and oxygen atoms in total. The number of hydrogen-bond donors (Lipinski definition) is 2. The fourth-order valence-corrected chi connectivity index (χ4v) is 3.53. The van der Waals surface area contributed by atoms with E-state index in [0.717, 1.165) is 0 Å².